The number of anilines is 1. The van der Waals surface area contributed by atoms with E-state index in [0.717, 1.165) is 44.3 Å². The van der Waals surface area contributed by atoms with Crippen LogP contribution in [0.1, 0.15) is 55.8 Å². The molecule has 9 heteroatoms. The number of benzene rings is 2. The summed E-state index contributed by atoms with van der Waals surface area (Å²) in [4.78, 5) is 12.7. The number of hydrogen-bond donors (Lipinski definition) is 2. The highest BCUT2D eigenvalue weighted by Crippen LogP contribution is 2.22. The number of sulfonamides is 1. The van der Waals surface area contributed by atoms with Gasteiger partial charge < -0.3 is 10.1 Å². The zero-order valence-electron chi connectivity index (χ0n) is 18.9. The van der Waals surface area contributed by atoms with Gasteiger partial charge in [0.15, 0.2) is 5.11 Å². The molecule has 0 spiro atoms. The van der Waals surface area contributed by atoms with Crippen LogP contribution in [0.2, 0.25) is 0 Å². The Balaban J connectivity index is 1.51. The molecule has 2 aromatic carbocycles. The molecule has 1 aliphatic rings. The molecule has 0 saturated carbocycles. The fraction of sp³-hybridized carbons (Fsp3) is 0.417. The van der Waals surface area contributed by atoms with Gasteiger partial charge in [-0.05, 0) is 80.0 Å². The van der Waals surface area contributed by atoms with Crippen LogP contribution in [0.25, 0.3) is 0 Å². The minimum Gasteiger partial charge on any atom is -0.494 e. The lowest BCUT2D eigenvalue weighted by Crippen LogP contribution is -2.35. The first kappa shape index (κ1) is 25.1. The molecule has 1 saturated heterocycles. The molecule has 0 atom stereocenters. The van der Waals surface area contributed by atoms with E-state index in [1.165, 1.54) is 4.31 Å². The zero-order chi connectivity index (χ0) is 23.7. The Morgan fingerprint density at radius 1 is 1.00 bits per heavy atom. The number of nitrogens with one attached hydrogen (secondary N) is 2. The van der Waals surface area contributed by atoms with Gasteiger partial charge >= 0.3 is 0 Å². The maximum atomic E-state index is 12.7. The average Bonchev–Trinajstić information content (AvgIpc) is 2.83. The molecule has 2 N–H and O–H groups in total. The number of amides is 1. The van der Waals surface area contributed by atoms with E-state index >= 15 is 0 Å². The van der Waals surface area contributed by atoms with Gasteiger partial charge in [-0.1, -0.05) is 26.2 Å². The van der Waals surface area contributed by atoms with Crippen LogP contribution in [0.15, 0.2) is 53.4 Å². The summed E-state index contributed by atoms with van der Waals surface area (Å²) in [6.07, 6.45) is 6.11. The fourth-order valence-electron chi connectivity index (χ4n) is 3.55. The first-order valence-electron chi connectivity index (χ1n) is 11.4. The maximum Gasteiger partial charge on any atom is 0.257 e. The summed E-state index contributed by atoms with van der Waals surface area (Å²) >= 11 is 5.23. The molecule has 1 amide bonds. The summed E-state index contributed by atoms with van der Waals surface area (Å²) in [5.74, 6) is 0.386. The van der Waals surface area contributed by atoms with E-state index < -0.39 is 10.0 Å². The van der Waals surface area contributed by atoms with E-state index in [-0.39, 0.29) is 15.9 Å². The lowest BCUT2D eigenvalue weighted by atomic mass is 10.2. The molecular weight excluding hydrogens is 458 g/mol. The Hall–Kier alpha value is -2.49. The number of carbonyl (C=O) groups excluding carboxylic acids is 1. The molecule has 0 aliphatic carbocycles. The van der Waals surface area contributed by atoms with Crippen LogP contribution in [-0.2, 0) is 10.0 Å². The molecular formula is C24H31N3O4S2. The molecule has 0 radical (unpaired) electrons. The first-order valence-corrected chi connectivity index (χ1v) is 13.2. The lowest BCUT2D eigenvalue weighted by molar-refractivity contribution is 0.0977. The fourth-order valence-corrected chi connectivity index (χ4v) is 5.27. The van der Waals surface area contributed by atoms with Gasteiger partial charge in [0.1, 0.15) is 5.75 Å². The van der Waals surface area contributed by atoms with E-state index in [9.17, 15) is 13.2 Å². The summed E-state index contributed by atoms with van der Waals surface area (Å²) in [7, 11) is -3.48. The molecule has 3 rings (SSSR count). The van der Waals surface area contributed by atoms with Gasteiger partial charge in [-0.3, -0.25) is 10.1 Å². The van der Waals surface area contributed by atoms with Crippen molar-refractivity contribution in [3.05, 3.63) is 54.1 Å². The second-order valence-corrected chi connectivity index (χ2v) is 10.3. The Morgan fingerprint density at radius 3 is 2.30 bits per heavy atom. The number of hydrogen-bond acceptors (Lipinski definition) is 5. The number of nitrogens with zero attached hydrogens (tertiary/aromatic N) is 1. The highest BCUT2D eigenvalue weighted by Gasteiger charge is 2.25. The maximum absolute atomic E-state index is 12.7. The second kappa shape index (κ2) is 12.1. The van der Waals surface area contributed by atoms with Crippen molar-refractivity contribution in [1.82, 2.24) is 9.62 Å². The molecule has 1 fully saturated rings. The van der Waals surface area contributed by atoms with Crippen LogP contribution in [0.4, 0.5) is 5.69 Å². The van der Waals surface area contributed by atoms with Crippen molar-refractivity contribution < 1.29 is 17.9 Å². The van der Waals surface area contributed by atoms with Crippen molar-refractivity contribution in [3.63, 3.8) is 0 Å². The van der Waals surface area contributed by atoms with Gasteiger partial charge in [0.25, 0.3) is 5.91 Å². The number of carbonyl (C=O) groups is 1. The van der Waals surface area contributed by atoms with Gasteiger partial charge in [-0.15, -0.1) is 0 Å². The van der Waals surface area contributed by atoms with E-state index in [0.29, 0.717) is 30.9 Å². The van der Waals surface area contributed by atoms with Crippen molar-refractivity contribution in [3.8, 4) is 5.75 Å². The predicted molar refractivity (Wildman–Crippen MR) is 134 cm³/mol. The summed E-state index contributed by atoms with van der Waals surface area (Å²) < 4.78 is 32.7. The minimum atomic E-state index is -3.48. The summed E-state index contributed by atoms with van der Waals surface area (Å²) in [5.41, 5.74) is 1.05. The molecule has 1 heterocycles. The van der Waals surface area contributed by atoms with Gasteiger partial charge in [0, 0.05) is 24.3 Å². The zero-order valence-corrected chi connectivity index (χ0v) is 20.5. The second-order valence-electron chi connectivity index (χ2n) is 7.98. The number of ether oxygens (including phenoxy) is 1. The molecule has 178 valence electrons. The molecule has 0 bridgehead atoms. The molecule has 0 aromatic heterocycles. The Kier molecular flexibility index (Phi) is 9.22. The number of piperidine rings is 1. The van der Waals surface area contributed by atoms with Gasteiger partial charge in [-0.2, -0.15) is 4.31 Å². The summed E-state index contributed by atoms with van der Waals surface area (Å²) in [6.45, 7) is 3.92. The monoisotopic (exact) mass is 489 g/mol. The topological polar surface area (TPSA) is 87.7 Å². The third kappa shape index (κ3) is 7.25. The van der Waals surface area contributed by atoms with E-state index in [1.807, 2.05) is 0 Å². The normalized spacial score (nSPS) is 14.5. The van der Waals surface area contributed by atoms with E-state index in [1.54, 1.807) is 48.5 Å². The molecule has 7 nitrogen and oxygen atoms in total. The third-order valence-corrected chi connectivity index (χ3v) is 7.54. The van der Waals surface area contributed by atoms with Crippen LogP contribution in [0.5, 0.6) is 5.75 Å². The number of thiocarbonyl (C=S) groups is 1. The Labute approximate surface area is 201 Å². The summed E-state index contributed by atoms with van der Waals surface area (Å²) in [5, 5.41) is 5.68. The van der Waals surface area contributed by atoms with Gasteiger partial charge in [0.2, 0.25) is 10.0 Å². The van der Waals surface area contributed by atoms with Crippen molar-refractivity contribution in [2.24, 2.45) is 0 Å². The van der Waals surface area contributed by atoms with Crippen LogP contribution in [0, 0.1) is 0 Å². The largest absolute Gasteiger partial charge is 0.494 e. The quantitative estimate of drug-likeness (QED) is 0.397. The number of rotatable bonds is 9. The number of unbranched alkanes of at least 4 members (excludes halogenated alkanes) is 2. The van der Waals surface area contributed by atoms with Crippen molar-refractivity contribution in [2.75, 3.05) is 25.0 Å². The van der Waals surface area contributed by atoms with Gasteiger partial charge in [-0.25, -0.2) is 8.42 Å². The predicted octanol–water partition coefficient (Wildman–Crippen LogP) is 4.56. The minimum absolute atomic E-state index is 0.131. The molecule has 0 unspecified atom stereocenters. The highest BCUT2D eigenvalue weighted by molar-refractivity contribution is 7.89. The third-order valence-electron chi connectivity index (χ3n) is 5.43. The summed E-state index contributed by atoms with van der Waals surface area (Å²) in [6, 6.07) is 13.3. The standard InChI is InChI=1S/C24H31N3O4S2/c1-2-3-7-18-31-21-12-8-19(9-13-21)23(28)26-24(32)25-20-10-14-22(15-11-20)33(29,30)27-16-5-4-6-17-27/h8-15H,2-7,16-18H2,1H3,(H2,25,26,28,32). The van der Waals surface area contributed by atoms with Crippen molar-refractivity contribution in [2.45, 2.75) is 50.3 Å². The molecule has 2 aromatic rings. The van der Waals surface area contributed by atoms with Crippen molar-refractivity contribution >= 4 is 38.9 Å². The highest BCUT2D eigenvalue weighted by atomic mass is 32.2. The van der Waals surface area contributed by atoms with Crippen LogP contribution in [0.3, 0.4) is 0 Å². The van der Waals surface area contributed by atoms with Crippen LogP contribution in [-0.4, -0.2) is 43.4 Å². The molecule has 33 heavy (non-hydrogen) atoms. The van der Waals surface area contributed by atoms with Crippen molar-refractivity contribution in [1.29, 1.82) is 0 Å². The Bertz CT molecular complexity index is 1030. The van der Waals surface area contributed by atoms with Crippen LogP contribution < -0.4 is 15.4 Å². The Morgan fingerprint density at radius 2 is 1.67 bits per heavy atom. The lowest BCUT2D eigenvalue weighted by Gasteiger charge is -2.25. The average molecular weight is 490 g/mol. The van der Waals surface area contributed by atoms with E-state index in [2.05, 4.69) is 17.6 Å². The smallest absolute Gasteiger partial charge is 0.257 e. The van der Waals surface area contributed by atoms with E-state index in [4.69, 9.17) is 17.0 Å². The molecule has 1 aliphatic heterocycles. The van der Waals surface area contributed by atoms with Gasteiger partial charge in [0.05, 0.1) is 11.5 Å². The first-order chi connectivity index (χ1) is 15.9. The van der Waals surface area contributed by atoms with Crippen LogP contribution >= 0.6 is 12.2 Å². The SMILES string of the molecule is CCCCCOc1ccc(C(=O)NC(=S)Nc2ccc(S(=O)(=O)N3CCCCC3)cc2)cc1.